The van der Waals surface area contributed by atoms with Gasteiger partial charge in [0.2, 0.25) is 11.8 Å². The standard InChI is InChI=1S/C16H16N2O3/c1-12(19)17-11-16(20)18-13-7-9-15(10-8-13)21-14-5-3-2-4-6-14/h2-10H,11H2,1H3,(H,17,19)(H,18,20). The Kier molecular flexibility index (Phi) is 4.93. The van der Waals surface area contributed by atoms with Gasteiger partial charge in [-0.05, 0) is 36.4 Å². The first-order valence-corrected chi connectivity index (χ1v) is 6.51. The fraction of sp³-hybridized carbons (Fsp3) is 0.125. The summed E-state index contributed by atoms with van der Waals surface area (Å²) in [5, 5.41) is 5.11. The molecule has 0 saturated heterocycles. The van der Waals surface area contributed by atoms with Crippen molar-refractivity contribution in [2.75, 3.05) is 11.9 Å². The quantitative estimate of drug-likeness (QED) is 0.886. The molecular weight excluding hydrogens is 268 g/mol. The Balaban J connectivity index is 1.90. The van der Waals surface area contributed by atoms with E-state index in [4.69, 9.17) is 4.74 Å². The summed E-state index contributed by atoms with van der Waals surface area (Å²) in [4.78, 5) is 22.2. The minimum atomic E-state index is -0.276. The molecule has 108 valence electrons. The minimum absolute atomic E-state index is 0.0440. The zero-order chi connectivity index (χ0) is 15.1. The summed E-state index contributed by atoms with van der Waals surface area (Å²) < 4.78 is 5.65. The van der Waals surface area contributed by atoms with Crippen LogP contribution in [-0.2, 0) is 9.59 Å². The number of benzene rings is 2. The third-order valence-corrected chi connectivity index (χ3v) is 2.61. The van der Waals surface area contributed by atoms with Crippen LogP contribution in [-0.4, -0.2) is 18.4 Å². The van der Waals surface area contributed by atoms with Crippen molar-refractivity contribution in [3.05, 3.63) is 54.6 Å². The van der Waals surface area contributed by atoms with Gasteiger partial charge in [-0.15, -0.1) is 0 Å². The van der Waals surface area contributed by atoms with E-state index in [0.717, 1.165) is 5.75 Å². The lowest BCUT2D eigenvalue weighted by Crippen LogP contribution is -2.31. The van der Waals surface area contributed by atoms with Crippen molar-refractivity contribution >= 4 is 17.5 Å². The van der Waals surface area contributed by atoms with Crippen molar-refractivity contribution in [2.24, 2.45) is 0 Å². The van der Waals surface area contributed by atoms with E-state index in [9.17, 15) is 9.59 Å². The maximum absolute atomic E-state index is 11.5. The summed E-state index contributed by atoms with van der Waals surface area (Å²) in [6.45, 7) is 1.32. The van der Waals surface area contributed by atoms with Gasteiger partial charge in [0.05, 0.1) is 6.54 Å². The minimum Gasteiger partial charge on any atom is -0.457 e. The zero-order valence-electron chi connectivity index (χ0n) is 11.6. The molecule has 0 aliphatic heterocycles. The van der Waals surface area contributed by atoms with Gasteiger partial charge in [-0.3, -0.25) is 9.59 Å². The molecule has 0 fully saturated rings. The van der Waals surface area contributed by atoms with Crippen LogP contribution in [0.15, 0.2) is 54.6 Å². The Morgan fingerprint density at radius 3 is 2.19 bits per heavy atom. The molecule has 0 aliphatic rings. The molecule has 0 atom stereocenters. The van der Waals surface area contributed by atoms with Crippen LogP contribution in [0.5, 0.6) is 11.5 Å². The molecule has 5 nitrogen and oxygen atoms in total. The van der Waals surface area contributed by atoms with Gasteiger partial charge in [-0.25, -0.2) is 0 Å². The molecule has 2 rings (SSSR count). The third-order valence-electron chi connectivity index (χ3n) is 2.61. The molecule has 0 aromatic heterocycles. The highest BCUT2D eigenvalue weighted by Gasteiger charge is 2.03. The number of hydrogen-bond donors (Lipinski definition) is 2. The van der Waals surface area contributed by atoms with Crippen molar-refractivity contribution < 1.29 is 14.3 Å². The molecule has 0 aliphatic carbocycles. The highest BCUT2D eigenvalue weighted by molar-refractivity contribution is 5.94. The van der Waals surface area contributed by atoms with Crippen molar-refractivity contribution in [1.82, 2.24) is 5.32 Å². The molecule has 2 aromatic rings. The van der Waals surface area contributed by atoms with Crippen LogP contribution in [0.2, 0.25) is 0 Å². The molecule has 0 heterocycles. The van der Waals surface area contributed by atoms with Gasteiger partial charge >= 0.3 is 0 Å². The van der Waals surface area contributed by atoms with E-state index >= 15 is 0 Å². The molecule has 0 bridgehead atoms. The first kappa shape index (κ1) is 14.6. The van der Waals surface area contributed by atoms with Gasteiger partial charge in [0.15, 0.2) is 0 Å². The number of carbonyl (C=O) groups is 2. The largest absolute Gasteiger partial charge is 0.457 e. The monoisotopic (exact) mass is 284 g/mol. The summed E-state index contributed by atoms with van der Waals surface area (Å²) >= 11 is 0. The highest BCUT2D eigenvalue weighted by Crippen LogP contribution is 2.22. The topological polar surface area (TPSA) is 67.4 Å². The normalized spacial score (nSPS) is 9.76. The Hall–Kier alpha value is -2.82. The molecule has 21 heavy (non-hydrogen) atoms. The van der Waals surface area contributed by atoms with Crippen LogP contribution < -0.4 is 15.4 Å². The van der Waals surface area contributed by atoms with Crippen molar-refractivity contribution in [1.29, 1.82) is 0 Å². The number of para-hydroxylation sites is 1. The Morgan fingerprint density at radius 1 is 0.952 bits per heavy atom. The number of anilines is 1. The van der Waals surface area contributed by atoms with E-state index in [1.165, 1.54) is 6.92 Å². The molecule has 5 heteroatoms. The van der Waals surface area contributed by atoms with Crippen LogP contribution in [0.25, 0.3) is 0 Å². The Morgan fingerprint density at radius 2 is 1.57 bits per heavy atom. The van der Waals surface area contributed by atoms with Gasteiger partial charge in [0.25, 0.3) is 0 Å². The highest BCUT2D eigenvalue weighted by atomic mass is 16.5. The van der Waals surface area contributed by atoms with E-state index in [0.29, 0.717) is 11.4 Å². The first-order valence-electron chi connectivity index (χ1n) is 6.51. The molecule has 0 saturated carbocycles. The summed E-state index contributed by atoms with van der Waals surface area (Å²) in [6, 6.07) is 16.4. The van der Waals surface area contributed by atoms with E-state index in [1.54, 1.807) is 24.3 Å². The van der Waals surface area contributed by atoms with Crippen molar-refractivity contribution in [3.8, 4) is 11.5 Å². The first-order chi connectivity index (χ1) is 10.1. The van der Waals surface area contributed by atoms with Crippen LogP contribution >= 0.6 is 0 Å². The number of rotatable bonds is 5. The van der Waals surface area contributed by atoms with E-state index in [2.05, 4.69) is 10.6 Å². The average molecular weight is 284 g/mol. The molecule has 0 spiro atoms. The smallest absolute Gasteiger partial charge is 0.243 e. The lowest BCUT2D eigenvalue weighted by atomic mass is 10.3. The maximum atomic E-state index is 11.5. The second-order valence-electron chi connectivity index (χ2n) is 4.40. The Bertz CT molecular complexity index is 609. The number of ether oxygens (including phenoxy) is 1. The summed E-state index contributed by atoms with van der Waals surface area (Å²) in [5.74, 6) is 0.916. The van der Waals surface area contributed by atoms with Gasteiger partial charge in [0, 0.05) is 12.6 Å². The lowest BCUT2D eigenvalue weighted by Gasteiger charge is -2.08. The van der Waals surface area contributed by atoms with Crippen LogP contribution in [0.4, 0.5) is 5.69 Å². The predicted octanol–water partition coefficient (Wildman–Crippen LogP) is 2.55. The Labute approximate surface area is 122 Å². The fourth-order valence-electron chi connectivity index (χ4n) is 1.64. The van der Waals surface area contributed by atoms with Crippen LogP contribution in [0, 0.1) is 0 Å². The van der Waals surface area contributed by atoms with Gasteiger partial charge < -0.3 is 15.4 Å². The van der Waals surface area contributed by atoms with E-state index < -0.39 is 0 Å². The molecule has 0 unspecified atom stereocenters. The fourth-order valence-corrected chi connectivity index (χ4v) is 1.64. The van der Waals surface area contributed by atoms with E-state index in [-0.39, 0.29) is 18.4 Å². The lowest BCUT2D eigenvalue weighted by molar-refractivity contribution is -0.122. The zero-order valence-corrected chi connectivity index (χ0v) is 11.6. The summed E-state index contributed by atoms with van der Waals surface area (Å²) in [6.07, 6.45) is 0. The molecule has 2 N–H and O–H groups in total. The summed E-state index contributed by atoms with van der Waals surface area (Å²) in [5.41, 5.74) is 0.644. The maximum Gasteiger partial charge on any atom is 0.243 e. The van der Waals surface area contributed by atoms with Crippen LogP contribution in [0.3, 0.4) is 0 Å². The average Bonchev–Trinajstić information content (AvgIpc) is 2.48. The second kappa shape index (κ2) is 7.09. The van der Waals surface area contributed by atoms with Gasteiger partial charge in [-0.1, -0.05) is 18.2 Å². The summed E-state index contributed by atoms with van der Waals surface area (Å²) in [7, 11) is 0. The second-order valence-corrected chi connectivity index (χ2v) is 4.40. The molecule has 2 amide bonds. The van der Waals surface area contributed by atoms with Crippen LogP contribution in [0.1, 0.15) is 6.92 Å². The van der Waals surface area contributed by atoms with Gasteiger partial charge in [0.1, 0.15) is 11.5 Å². The number of hydrogen-bond acceptors (Lipinski definition) is 3. The SMILES string of the molecule is CC(=O)NCC(=O)Nc1ccc(Oc2ccccc2)cc1. The predicted molar refractivity (Wildman–Crippen MR) is 80.3 cm³/mol. The van der Waals surface area contributed by atoms with Crippen molar-refractivity contribution in [3.63, 3.8) is 0 Å². The van der Waals surface area contributed by atoms with Gasteiger partial charge in [-0.2, -0.15) is 0 Å². The molecule has 0 radical (unpaired) electrons. The van der Waals surface area contributed by atoms with E-state index in [1.807, 2.05) is 30.3 Å². The number of carbonyl (C=O) groups excluding carboxylic acids is 2. The number of nitrogens with one attached hydrogen (secondary N) is 2. The van der Waals surface area contributed by atoms with Crippen molar-refractivity contribution in [2.45, 2.75) is 6.92 Å². The molecule has 2 aromatic carbocycles. The molecular formula is C16H16N2O3. The number of amides is 2. The third kappa shape index (κ3) is 4.99.